The molecule has 166 valence electrons. The van der Waals surface area contributed by atoms with Crippen molar-refractivity contribution in [2.24, 2.45) is 0 Å². The molecule has 0 spiro atoms. The van der Waals surface area contributed by atoms with E-state index in [0.717, 1.165) is 0 Å². The number of fused-ring (bicyclic) bond motifs is 2. The lowest BCUT2D eigenvalue weighted by atomic mass is 9.97. The minimum absolute atomic E-state index is 0.0510. The summed E-state index contributed by atoms with van der Waals surface area (Å²) in [5, 5.41) is 0.373. The molecule has 9 nitrogen and oxygen atoms in total. The van der Waals surface area contributed by atoms with Gasteiger partial charge in [-0.3, -0.25) is 14.5 Å². The van der Waals surface area contributed by atoms with Crippen LogP contribution in [0, 0.1) is 0 Å². The summed E-state index contributed by atoms with van der Waals surface area (Å²) in [5.74, 6) is 0.721. The largest absolute Gasteiger partial charge is 0.493 e. The Morgan fingerprint density at radius 2 is 1.58 bits per heavy atom. The SMILES string of the molecule is COc1cc([C@H]2c3c(oc4ccccc4c3=O)C(=O)N2c2ncccn2)cc(OC)c1OC. The van der Waals surface area contributed by atoms with E-state index in [1.54, 1.807) is 42.5 Å². The summed E-state index contributed by atoms with van der Waals surface area (Å²) < 4.78 is 22.3. The van der Waals surface area contributed by atoms with Crippen molar-refractivity contribution in [3.05, 3.63) is 82.0 Å². The number of aromatic nitrogens is 2. The van der Waals surface area contributed by atoms with E-state index in [1.807, 2.05) is 0 Å². The van der Waals surface area contributed by atoms with E-state index in [2.05, 4.69) is 9.97 Å². The summed E-state index contributed by atoms with van der Waals surface area (Å²) in [6, 6.07) is 11.0. The van der Waals surface area contributed by atoms with Gasteiger partial charge in [-0.1, -0.05) is 12.1 Å². The standard InChI is InChI=1S/C24H19N3O6/c1-30-16-11-13(12-17(31-2)21(16)32-3)19-18-20(28)14-7-4-5-8-15(14)33-22(18)23(29)27(19)24-25-9-6-10-26-24/h4-12,19H,1-3H3/t19-/m0/s1. The van der Waals surface area contributed by atoms with Gasteiger partial charge in [0.15, 0.2) is 16.9 Å². The number of amides is 1. The lowest BCUT2D eigenvalue weighted by molar-refractivity contribution is 0.0969. The highest BCUT2D eigenvalue weighted by molar-refractivity contribution is 6.09. The summed E-state index contributed by atoms with van der Waals surface area (Å²) >= 11 is 0. The molecule has 0 saturated heterocycles. The van der Waals surface area contributed by atoms with Gasteiger partial charge in [-0.2, -0.15) is 0 Å². The summed E-state index contributed by atoms with van der Waals surface area (Å²) in [5.41, 5.74) is 0.763. The van der Waals surface area contributed by atoms with Gasteiger partial charge in [-0.25, -0.2) is 9.97 Å². The second-order valence-corrected chi connectivity index (χ2v) is 7.26. The van der Waals surface area contributed by atoms with Crippen molar-refractivity contribution in [1.29, 1.82) is 0 Å². The molecule has 5 rings (SSSR count). The molecule has 0 saturated carbocycles. The van der Waals surface area contributed by atoms with E-state index in [-0.39, 0.29) is 22.7 Å². The molecule has 0 fully saturated rings. The Morgan fingerprint density at radius 3 is 2.21 bits per heavy atom. The molecular weight excluding hydrogens is 426 g/mol. The molecule has 2 aromatic carbocycles. The van der Waals surface area contributed by atoms with Crippen LogP contribution >= 0.6 is 0 Å². The molecule has 0 unspecified atom stereocenters. The second-order valence-electron chi connectivity index (χ2n) is 7.26. The molecule has 2 aromatic heterocycles. The number of rotatable bonds is 5. The van der Waals surface area contributed by atoms with Crippen LogP contribution in [0.15, 0.2) is 64.1 Å². The van der Waals surface area contributed by atoms with Crippen LogP contribution in [0.25, 0.3) is 11.0 Å². The van der Waals surface area contributed by atoms with Gasteiger partial charge in [0.1, 0.15) is 5.58 Å². The molecule has 1 aliphatic rings. The lowest BCUT2D eigenvalue weighted by Gasteiger charge is -2.24. The van der Waals surface area contributed by atoms with Crippen LogP contribution in [0.2, 0.25) is 0 Å². The predicted octanol–water partition coefficient (Wildman–Crippen LogP) is 3.36. The summed E-state index contributed by atoms with van der Waals surface area (Å²) in [7, 11) is 4.49. The van der Waals surface area contributed by atoms with Gasteiger partial charge in [0.2, 0.25) is 17.5 Å². The molecule has 4 aromatic rings. The van der Waals surface area contributed by atoms with E-state index in [1.165, 1.54) is 38.6 Å². The fourth-order valence-corrected chi connectivity index (χ4v) is 4.12. The maximum atomic E-state index is 13.6. The third kappa shape index (κ3) is 3.08. The number of benzene rings is 2. The molecule has 1 amide bonds. The molecule has 0 aliphatic carbocycles. The molecule has 0 N–H and O–H groups in total. The Kier molecular flexibility index (Phi) is 4.93. The minimum Gasteiger partial charge on any atom is -0.493 e. The van der Waals surface area contributed by atoms with E-state index in [4.69, 9.17) is 18.6 Å². The number of ether oxygens (including phenoxy) is 3. The van der Waals surface area contributed by atoms with Gasteiger partial charge in [-0.15, -0.1) is 0 Å². The molecular formula is C24H19N3O6. The van der Waals surface area contributed by atoms with Crippen molar-refractivity contribution in [3.8, 4) is 17.2 Å². The minimum atomic E-state index is -0.871. The number of hydrogen-bond donors (Lipinski definition) is 0. The van der Waals surface area contributed by atoms with Crippen LogP contribution < -0.4 is 24.5 Å². The Balaban J connectivity index is 1.84. The number of carbonyl (C=O) groups is 1. The zero-order valence-corrected chi connectivity index (χ0v) is 18.1. The van der Waals surface area contributed by atoms with Crippen LogP contribution in [-0.4, -0.2) is 37.2 Å². The van der Waals surface area contributed by atoms with E-state index in [0.29, 0.717) is 33.8 Å². The average molecular weight is 445 g/mol. The van der Waals surface area contributed by atoms with Gasteiger partial charge in [-0.05, 0) is 35.9 Å². The zero-order chi connectivity index (χ0) is 23.1. The van der Waals surface area contributed by atoms with Crippen LogP contribution in [0.4, 0.5) is 5.95 Å². The van der Waals surface area contributed by atoms with Crippen molar-refractivity contribution in [2.45, 2.75) is 6.04 Å². The Labute approximate surface area is 188 Å². The fourth-order valence-electron chi connectivity index (χ4n) is 4.12. The molecule has 3 heterocycles. The first-order valence-corrected chi connectivity index (χ1v) is 10.0. The summed E-state index contributed by atoms with van der Waals surface area (Å²) in [6.45, 7) is 0. The van der Waals surface area contributed by atoms with Gasteiger partial charge >= 0.3 is 0 Å². The molecule has 1 aliphatic heterocycles. The third-order valence-corrected chi connectivity index (χ3v) is 5.55. The predicted molar refractivity (Wildman–Crippen MR) is 119 cm³/mol. The maximum absolute atomic E-state index is 13.6. The number of para-hydroxylation sites is 1. The highest BCUT2D eigenvalue weighted by Crippen LogP contribution is 2.45. The molecule has 0 radical (unpaired) electrons. The first-order valence-electron chi connectivity index (χ1n) is 10.0. The Hall–Kier alpha value is -4.40. The van der Waals surface area contributed by atoms with Gasteiger partial charge in [0.25, 0.3) is 5.91 Å². The number of carbonyl (C=O) groups excluding carboxylic acids is 1. The first-order chi connectivity index (χ1) is 16.1. The average Bonchev–Trinajstić information content (AvgIpc) is 3.16. The highest BCUT2D eigenvalue weighted by Gasteiger charge is 2.45. The van der Waals surface area contributed by atoms with Crippen molar-refractivity contribution in [3.63, 3.8) is 0 Å². The lowest BCUT2D eigenvalue weighted by Crippen LogP contribution is -2.31. The fraction of sp³-hybridized carbons (Fsp3) is 0.167. The van der Waals surface area contributed by atoms with Crippen LogP contribution in [0.1, 0.15) is 27.7 Å². The van der Waals surface area contributed by atoms with Gasteiger partial charge in [0.05, 0.1) is 38.3 Å². The van der Waals surface area contributed by atoms with E-state index in [9.17, 15) is 9.59 Å². The number of hydrogen-bond acceptors (Lipinski definition) is 8. The number of anilines is 1. The normalized spacial score (nSPS) is 14.9. The van der Waals surface area contributed by atoms with Crippen molar-refractivity contribution < 1.29 is 23.4 Å². The van der Waals surface area contributed by atoms with Crippen LogP contribution in [-0.2, 0) is 0 Å². The highest BCUT2D eigenvalue weighted by atomic mass is 16.5. The molecule has 33 heavy (non-hydrogen) atoms. The van der Waals surface area contributed by atoms with Gasteiger partial charge < -0.3 is 18.6 Å². The van der Waals surface area contributed by atoms with Crippen molar-refractivity contribution in [1.82, 2.24) is 9.97 Å². The van der Waals surface area contributed by atoms with E-state index >= 15 is 0 Å². The Bertz CT molecular complexity index is 1410. The quantitative estimate of drug-likeness (QED) is 0.461. The summed E-state index contributed by atoms with van der Waals surface area (Å²) in [4.78, 5) is 37.0. The van der Waals surface area contributed by atoms with Crippen molar-refractivity contribution in [2.75, 3.05) is 26.2 Å². The zero-order valence-electron chi connectivity index (χ0n) is 18.1. The molecule has 1 atom stereocenters. The van der Waals surface area contributed by atoms with Crippen molar-refractivity contribution >= 4 is 22.8 Å². The van der Waals surface area contributed by atoms with Crippen LogP contribution in [0.3, 0.4) is 0 Å². The number of methoxy groups -OCH3 is 3. The summed E-state index contributed by atoms with van der Waals surface area (Å²) in [6.07, 6.45) is 3.05. The topological polar surface area (TPSA) is 104 Å². The molecule has 0 bridgehead atoms. The number of nitrogens with zero attached hydrogens (tertiary/aromatic N) is 3. The smallest absolute Gasteiger partial charge is 0.297 e. The van der Waals surface area contributed by atoms with Crippen LogP contribution in [0.5, 0.6) is 17.2 Å². The van der Waals surface area contributed by atoms with E-state index < -0.39 is 11.9 Å². The molecule has 9 heteroatoms. The first kappa shape index (κ1) is 20.5. The third-order valence-electron chi connectivity index (χ3n) is 5.55. The van der Waals surface area contributed by atoms with Gasteiger partial charge in [0, 0.05) is 12.4 Å². The monoisotopic (exact) mass is 445 g/mol. The Morgan fingerprint density at radius 1 is 0.909 bits per heavy atom. The second kappa shape index (κ2) is 7.94. The maximum Gasteiger partial charge on any atom is 0.297 e.